The van der Waals surface area contributed by atoms with Crippen LogP contribution in [0.4, 0.5) is 16.0 Å². The first kappa shape index (κ1) is 20.9. The van der Waals surface area contributed by atoms with Crippen molar-refractivity contribution in [2.45, 2.75) is 13.5 Å². The molecule has 32 heavy (non-hydrogen) atoms. The lowest BCUT2D eigenvalue weighted by atomic mass is 10.1. The number of halogens is 1. The van der Waals surface area contributed by atoms with Crippen LogP contribution in [0.2, 0.25) is 0 Å². The van der Waals surface area contributed by atoms with E-state index in [4.69, 9.17) is 0 Å². The molecule has 0 bridgehead atoms. The van der Waals surface area contributed by atoms with E-state index >= 15 is 0 Å². The highest BCUT2D eigenvalue weighted by Gasteiger charge is 2.25. The monoisotopic (exact) mass is 431 g/mol. The lowest BCUT2D eigenvalue weighted by Gasteiger charge is -2.07. The first-order valence-corrected chi connectivity index (χ1v) is 9.73. The number of nitrogens with zero attached hydrogens (tertiary/aromatic N) is 4. The molecule has 0 saturated carbocycles. The molecule has 4 rings (SSSR count). The Morgan fingerprint density at radius 3 is 2.44 bits per heavy atom. The number of carbonyl (C=O) groups excluding carboxylic acids is 1. The molecule has 4 aromatic rings. The Morgan fingerprint density at radius 1 is 1.06 bits per heavy atom. The van der Waals surface area contributed by atoms with Crippen LogP contribution >= 0.6 is 0 Å². The van der Waals surface area contributed by atoms with Gasteiger partial charge in [-0.1, -0.05) is 54.1 Å². The number of para-hydroxylation sites is 1. The Morgan fingerprint density at radius 2 is 1.75 bits per heavy atom. The third-order valence-electron chi connectivity index (χ3n) is 4.80. The summed E-state index contributed by atoms with van der Waals surface area (Å²) in [5.41, 5.74) is 2.07. The van der Waals surface area contributed by atoms with E-state index in [1.54, 1.807) is 18.2 Å². The molecule has 1 heterocycles. The number of carbonyl (C=O) groups is 1. The number of aromatic nitrogens is 3. The van der Waals surface area contributed by atoms with Crippen molar-refractivity contribution in [3.8, 4) is 11.4 Å². The van der Waals surface area contributed by atoms with Crippen LogP contribution in [0, 0.1) is 22.9 Å². The Kier molecular flexibility index (Phi) is 5.71. The molecule has 0 amide bonds. The van der Waals surface area contributed by atoms with Gasteiger partial charge in [0.2, 0.25) is 5.95 Å². The van der Waals surface area contributed by atoms with E-state index in [1.807, 2.05) is 31.2 Å². The molecule has 0 spiro atoms. The van der Waals surface area contributed by atoms with Crippen molar-refractivity contribution >= 4 is 17.5 Å². The van der Waals surface area contributed by atoms with Gasteiger partial charge in [0.15, 0.2) is 5.82 Å². The van der Waals surface area contributed by atoms with Gasteiger partial charge in [-0.2, -0.15) is 9.67 Å². The Balaban J connectivity index is 1.73. The maximum atomic E-state index is 13.2. The summed E-state index contributed by atoms with van der Waals surface area (Å²) >= 11 is 0. The molecule has 1 N–H and O–H groups in total. The second-order valence-electron chi connectivity index (χ2n) is 7.10. The van der Waals surface area contributed by atoms with E-state index in [0.29, 0.717) is 11.4 Å². The summed E-state index contributed by atoms with van der Waals surface area (Å²) in [4.78, 5) is 28.4. The molecule has 0 aliphatic rings. The van der Waals surface area contributed by atoms with Crippen molar-refractivity contribution in [3.63, 3.8) is 0 Å². The lowest BCUT2D eigenvalue weighted by molar-refractivity contribution is -0.385. The van der Waals surface area contributed by atoms with Crippen molar-refractivity contribution in [2.24, 2.45) is 0 Å². The summed E-state index contributed by atoms with van der Waals surface area (Å²) in [6.45, 7) is 2.19. The van der Waals surface area contributed by atoms with Gasteiger partial charge in [0.05, 0.1) is 4.92 Å². The fraction of sp³-hybridized carbons (Fsp3) is 0.0870. The van der Waals surface area contributed by atoms with Crippen LogP contribution in [-0.2, 0) is 6.54 Å². The largest absolute Gasteiger partial charge is 0.350 e. The van der Waals surface area contributed by atoms with Crippen LogP contribution < -0.4 is 5.32 Å². The van der Waals surface area contributed by atoms with E-state index in [-0.39, 0.29) is 29.6 Å². The maximum absolute atomic E-state index is 13.2. The van der Waals surface area contributed by atoms with E-state index in [0.717, 1.165) is 15.8 Å². The van der Waals surface area contributed by atoms with E-state index in [9.17, 15) is 19.3 Å². The fourth-order valence-electron chi connectivity index (χ4n) is 3.10. The van der Waals surface area contributed by atoms with Crippen LogP contribution in [0.1, 0.15) is 21.5 Å². The molecule has 0 radical (unpaired) electrons. The van der Waals surface area contributed by atoms with E-state index in [1.165, 1.54) is 30.3 Å². The smallest absolute Gasteiger partial charge is 0.288 e. The highest BCUT2D eigenvalue weighted by molar-refractivity contribution is 6.00. The minimum absolute atomic E-state index is 0.109. The number of nitrogens with one attached hydrogen (secondary N) is 1. The molecule has 0 atom stereocenters. The molecule has 0 fully saturated rings. The molecule has 9 heteroatoms. The summed E-state index contributed by atoms with van der Waals surface area (Å²) in [6, 6.07) is 19.0. The van der Waals surface area contributed by atoms with Gasteiger partial charge in [0.1, 0.15) is 11.4 Å². The molecule has 0 saturated heterocycles. The third-order valence-corrected chi connectivity index (χ3v) is 4.80. The Hall–Kier alpha value is -4.40. The van der Waals surface area contributed by atoms with Crippen LogP contribution in [0.3, 0.4) is 0 Å². The third kappa shape index (κ3) is 4.36. The van der Waals surface area contributed by atoms with Gasteiger partial charge in [0, 0.05) is 18.2 Å². The second-order valence-corrected chi connectivity index (χ2v) is 7.10. The molecule has 160 valence electrons. The van der Waals surface area contributed by atoms with Crippen molar-refractivity contribution in [3.05, 3.63) is 105 Å². The molecule has 0 aliphatic heterocycles. The van der Waals surface area contributed by atoms with E-state index in [2.05, 4.69) is 15.4 Å². The number of nitro groups is 1. The van der Waals surface area contributed by atoms with Crippen LogP contribution in [-0.4, -0.2) is 25.6 Å². The number of hydrogen-bond acceptors (Lipinski definition) is 6. The first-order valence-electron chi connectivity index (χ1n) is 9.73. The predicted octanol–water partition coefficient (Wildman–Crippen LogP) is 4.60. The number of benzene rings is 3. The highest BCUT2D eigenvalue weighted by Crippen LogP contribution is 2.23. The zero-order valence-corrected chi connectivity index (χ0v) is 17.0. The zero-order valence-electron chi connectivity index (χ0n) is 17.0. The minimum atomic E-state index is -0.690. The maximum Gasteiger partial charge on any atom is 0.288 e. The van der Waals surface area contributed by atoms with Gasteiger partial charge in [0.25, 0.3) is 11.6 Å². The van der Waals surface area contributed by atoms with Gasteiger partial charge >= 0.3 is 0 Å². The highest BCUT2D eigenvalue weighted by atomic mass is 19.1. The average Bonchev–Trinajstić information content (AvgIpc) is 3.23. The lowest BCUT2D eigenvalue weighted by Crippen LogP contribution is -2.18. The van der Waals surface area contributed by atoms with Crippen molar-refractivity contribution in [1.82, 2.24) is 14.8 Å². The fourth-order valence-corrected chi connectivity index (χ4v) is 3.10. The SMILES string of the molecule is Cc1ccc(-c2nc(NCc3ccc(F)cc3)n(C(=O)c3ccccc3[N+](=O)[O-])n2)cc1. The van der Waals surface area contributed by atoms with Gasteiger partial charge in [-0.05, 0) is 30.7 Å². The number of anilines is 1. The predicted molar refractivity (Wildman–Crippen MR) is 117 cm³/mol. The van der Waals surface area contributed by atoms with Gasteiger partial charge in [-0.3, -0.25) is 14.9 Å². The molecule has 1 aromatic heterocycles. The summed E-state index contributed by atoms with van der Waals surface area (Å²) < 4.78 is 14.2. The average molecular weight is 431 g/mol. The van der Waals surface area contributed by atoms with Crippen molar-refractivity contribution < 1.29 is 14.1 Å². The molecule has 3 aromatic carbocycles. The van der Waals surface area contributed by atoms with Crippen molar-refractivity contribution in [2.75, 3.05) is 5.32 Å². The number of nitro benzene ring substituents is 1. The number of aryl methyl sites for hydroxylation is 1. The molecule has 8 nitrogen and oxygen atoms in total. The molecular formula is C23H18FN5O3. The summed E-state index contributed by atoms with van der Waals surface area (Å²) in [6.07, 6.45) is 0. The molecule has 0 aliphatic carbocycles. The van der Waals surface area contributed by atoms with Crippen LogP contribution in [0.25, 0.3) is 11.4 Å². The first-order chi connectivity index (χ1) is 15.4. The van der Waals surface area contributed by atoms with Gasteiger partial charge < -0.3 is 5.32 Å². The number of hydrogen-bond donors (Lipinski definition) is 1. The van der Waals surface area contributed by atoms with E-state index < -0.39 is 10.8 Å². The van der Waals surface area contributed by atoms with Gasteiger partial charge in [-0.25, -0.2) is 4.39 Å². The standard InChI is InChI=1S/C23H18FN5O3/c1-15-6-10-17(11-7-15)21-26-23(25-14-16-8-12-18(24)13-9-16)28(27-21)22(30)19-4-2-3-5-20(19)29(31)32/h2-13H,14H2,1H3,(H,25,26,27). The number of rotatable bonds is 6. The summed E-state index contributed by atoms with van der Waals surface area (Å²) in [5.74, 6) is -0.638. The van der Waals surface area contributed by atoms with Crippen molar-refractivity contribution in [1.29, 1.82) is 0 Å². The minimum Gasteiger partial charge on any atom is -0.350 e. The summed E-state index contributed by atoms with van der Waals surface area (Å²) in [7, 11) is 0. The summed E-state index contributed by atoms with van der Waals surface area (Å²) in [5, 5.41) is 18.8. The Bertz CT molecular complexity index is 1280. The van der Waals surface area contributed by atoms with Crippen LogP contribution in [0.5, 0.6) is 0 Å². The normalized spacial score (nSPS) is 10.7. The topological polar surface area (TPSA) is 103 Å². The second kappa shape index (κ2) is 8.76. The quantitative estimate of drug-likeness (QED) is 0.353. The Labute approximate surface area is 182 Å². The molecule has 0 unspecified atom stereocenters. The van der Waals surface area contributed by atoms with Gasteiger partial charge in [-0.15, -0.1) is 5.10 Å². The molecular weight excluding hydrogens is 413 g/mol. The zero-order chi connectivity index (χ0) is 22.7. The van der Waals surface area contributed by atoms with Crippen LogP contribution in [0.15, 0.2) is 72.8 Å².